The van der Waals surface area contributed by atoms with Gasteiger partial charge in [-0.25, -0.2) is 4.98 Å². The lowest BCUT2D eigenvalue weighted by Crippen LogP contribution is -2.02. The smallest absolute Gasteiger partial charge is 0.106 e. The van der Waals surface area contributed by atoms with Gasteiger partial charge in [-0.05, 0) is 13.0 Å². The Labute approximate surface area is 97.7 Å². The van der Waals surface area contributed by atoms with Gasteiger partial charge in [-0.1, -0.05) is 13.3 Å². The number of hydrogen-bond donors (Lipinski definition) is 2. The molecule has 5 heteroatoms. The lowest BCUT2D eigenvalue weighted by Gasteiger charge is -1.93. The van der Waals surface area contributed by atoms with Gasteiger partial charge in [0.2, 0.25) is 0 Å². The Bertz CT molecular complexity index is 226. The van der Waals surface area contributed by atoms with E-state index in [2.05, 4.69) is 16.9 Å². The minimum absolute atomic E-state index is 0. The number of aromatic amines is 1. The van der Waals surface area contributed by atoms with Gasteiger partial charge in [0.25, 0.3) is 0 Å². The first-order valence-electron chi connectivity index (χ1n) is 4.59. The summed E-state index contributed by atoms with van der Waals surface area (Å²) in [6, 6.07) is 0. The zero-order chi connectivity index (χ0) is 8.81. The van der Waals surface area contributed by atoms with Gasteiger partial charge in [-0.2, -0.15) is 0 Å². The van der Waals surface area contributed by atoms with Crippen LogP contribution < -0.4 is 5.73 Å². The Morgan fingerprint density at radius 2 is 2.07 bits per heavy atom. The quantitative estimate of drug-likeness (QED) is 0.828. The summed E-state index contributed by atoms with van der Waals surface area (Å²) in [6.45, 7) is 2.87. The molecule has 0 saturated carbocycles. The third kappa shape index (κ3) is 5.47. The summed E-state index contributed by atoms with van der Waals surface area (Å²) in [5.74, 6) is 1.10. The maximum absolute atomic E-state index is 5.42. The summed E-state index contributed by atoms with van der Waals surface area (Å²) in [4.78, 5) is 7.52. The van der Waals surface area contributed by atoms with E-state index in [1.807, 2.05) is 6.20 Å². The number of H-pyrrole nitrogens is 1. The molecule has 1 aromatic heterocycles. The SMILES string of the molecule is CCCCc1ncc(CCN)[nH]1.Cl.Cl. The molecule has 1 heterocycles. The molecule has 84 valence electrons. The van der Waals surface area contributed by atoms with Crippen molar-refractivity contribution in [3.8, 4) is 0 Å². The molecular formula is C9H19Cl2N3. The molecule has 3 nitrogen and oxygen atoms in total. The molecule has 0 unspecified atom stereocenters. The topological polar surface area (TPSA) is 54.7 Å². The third-order valence-corrected chi connectivity index (χ3v) is 1.86. The molecule has 0 aliphatic heterocycles. The summed E-state index contributed by atoms with van der Waals surface area (Å²) >= 11 is 0. The highest BCUT2D eigenvalue weighted by Crippen LogP contribution is 2.01. The molecule has 0 aliphatic rings. The van der Waals surface area contributed by atoms with E-state index in [4.69, 9.17) is 5.73 Å². The molecule has 0 bridgehead atoms. The van der Waals surface area contributed by atoms with E-state index >= 15 is 0 Å². The van der Waals surface area contributed by atoms with E-state index in [-0.39, 0.29) is 24.8 Å². The number of unbranched alkanes of at least 4 members (excludes halogenated alkanes) is 1. The number of aromatic nitrogens is 2. The summed E-state index contributed by atoms with van der Waals surface area (Å²) in [7, 11) is 0. The van der Waals surface area contributed by atoms with E-state index in [9.17, 15) is 0 Å². The van der Waals surface area contributed by atoms with Gasteiger partial charge < -0.3 is 10.7 Å². The van der Waals surface area contributed by atoms with E-state index in [0.29, 0.717) is 6.54 Å². The summed E-state index contributed by atoms with van der Waals surface area (Å²) < 4.78 is 0. The Morgan fingerprint density at radius 3 is 2.64 bits per heavy atom. The van der Waals surface area contributed by atoms with Crippen molar-refractivity contribution in [3.05, 3.63) is 17.7 Å². The van der Waals surface area contributed by atoms with Crippen LogP contribution in [0.15, 0.2) is 6.20 Å². The van der Waals surface area contributed by atoms with Gasteiger partial charge in [-0.15, -0.1) is 24.8 Å². The molecule has 3 N–H and O–H groups in total. The molecule has 1 rings (SSSR count). The average Bonchev–Trinajstić information content (AvgIpc) is 2.50. The number of aryl methyl sites for hydroxylation is 1. The predicted molar refractivity (Wildman–Crippen MR) is 64.5 cm³/mol. The van der Waals surface area contributed by atoms with Crippen LogP contribution in [0.25, 0.3) is 0 Å². The standard InChI is InChI=1S/C9H17N3.2ClH/c1-2-3-4-9-11-7-8(12-9)5-6-10;;/h7H,2-6,10H2,1H3,(H,11,12);2*1H. The fourth-order valence-electron chi connectivity index (χ4n) is 1.16. The van der Waals surface area contributed by atoms with E-state index in [1.54, 1.807) is 0 Å². The van der Waals surface area contributed by atoms with Crippen LogP contribution in [0, 0.1) is 0 Å². The van der Waals surface area contributed by atoms with Gasteiger partial charge in [0.05, 0.1) is 0 Å². The van der Waals surface area contributed by atoms with Crippen molar-refractivity contribution in [2.24, 2.45) is 5.73 Å². The van der Waals surface area contributed by atoms with Gasteiger partial charge in [0.15, 0.2) is 0 Å². The van der Waals surface area contributed by atoms with Crippen LogP contribution in [0.1, 0.15) is 31.3 Å². The molecule has 1 aromatic rings. The second-order valence-electron chi connectivity index (χ2n) is 3.00. The van der Waals surface area contributed by atoms with Gasteiger partial charge in [0, 0.05) is 24.7 Å². The average molecular weight is 240 g/mol. The van der Waals surface area contributed by atoms with Crippen LogP contribution >= 0.6 is 24.8 Å². The van der Waals surface area contributed by atoms with Crippen molar-refractivity contribution in [2.45, 2.75) is 32.6 Å². The van der Waals surface area contributed by atoms with Gasteiger partial charge in [-0.3, -0.25) is 0 Å². The summed E-state index contributed by atoms with van der Waals surface area (Å²) in [5.41, 5.74) is 6.58. The second kappa shape index (κ2) is 9.31. The molecule has 0 aromatic carbocycles. The van der Waals surface area contributed by atoms with Gasteiger partial charge in [0.1, 0.15) is 5.82 Å². The number of imidazole rings is 1. The largest absolute Gasteiger partial charge is 0.346 e. The number of halogens is 2. The number of nitrogens with zero attached hydrogens (tertiary/aromatic N) is 1. The van der Waals surface area contributed by atoms with Crippen molar-refractivity contribution in [2.75, 3.05) is 6.54 Å². The Hall–Kier alpha value is -0.250. The van der Waals surface area contributed by atoms with E-state index in [0.717, 1.165) is 24.4 Å². The van der Waals surface area contributed by atoms with Crippen molar-refractivity contribution < 1.29 is 0 Å². The Morgan fingerprint density at radius 1 is 1.36 bits per heavy atom. The summed E-state index contributed by atoms with van der Waals surface area (Å²) in [6.07, 6.45) is 6.26. The molecule has 0 aliphatic carbocycles. The van der Waals surface area contributed by atoms with Crippen molar-refractivity contribution in [1.82, 2.24) is 9.97 Å². The third-order valence-electron chi connectivity index (χ3n) is 1.86. The maximum atomic E-state index is 5.42. The molecule has 0 atom stereocenters. The lowest BCUT2D eigenvalue weighted by molar-refractivity contribution is 0.759. The molecule has 0 spiro atoms. The van der Waals surface area contributed by atoms with Crippen LogP contribution in [0.3, 0.4) is 0 Å². The van der Waals surface area contributed by atoms with Crippen molar-refractivity contribution >= 4 is 24.8 Å². The van der Waals surface area contributed by atoms with Crippen molar-refractivity contribution in [3.63, 3.8) is 0 Å². The fourth-order valence-corrected chi connectivity index (χ4v) is 1.16. The second-order valence-corrected chi connectivity index (χ2v) is 3.00. The minimum Gasteiger partial charge on any atom is -0.346 e. The monoisotopic (exact) mass is 239 g/mol. The molecule has 14 heavy (non-hydrogen) atoms. The van der Waals surface area contributed by atoms with E-state index < -0.39 is 0 Å². The highest BCUT2D eigenvalue weighted by Gasteiger charge is 1.98. The number of nitrogens with two attached hydrogens (primary N) is 1. The Balaban J connectivity index is 0. The fraction of sp³-hybridized carbons (Fsp3) is 0.667. The van der Waals surface area contributed by atoms with Gasteiger partial charge >= 0.3 is 0 Å². The zero-order valence-corrected chi connectivity index (χ0v) is 10.1. The number of nitrogens with one attached hydrogen (secondary N) is 1. The maximum Gasteiger partial charge on any atom is 0.106 e. The first kappa shape index (κ1) is 16.2. The van der Waals surface area contributed by atoms with Crippen LogP contribution in [0.4, 0.5) is 0 Å². The summed E-state index contributed by atoms with van der Waals surface area (Å²) in [5, 5.41) is 0. The molecule has 0 amide bonds. The van der Waals surface area contributed by atoms with Crippen molar-refractivity contribution in [1.29, 1.82) is 0 Å². The Kier molecular flexibility index (Phi) is 10.8. The van der Waals surface area contributed by atoms with Crippen LogP contribution in [-0.4, -0.2) is 16.5 Å². The lowest BCUT2D eigenvalue weighted by atomic mass is 10.2. The first-order chi connectivity index (χ1) is 5.86. The molecular weight excluding hydrogens is 221 g/mol. The molecule has 0 fully saturated rings. The normalized spacial score (nSPS) is 9.00. The zero-order valence-electron chi connectivity index (χ0n) is 8.45. The minimum atomic E-state index is 0. The van der Waals surface area contributed by atoms with Crippen LogP contribution in [0.2, 0.25) is 0 Å². The predicted octanol–water partition coefficient (Wildman–Crippen LogP) is 2.10. The van der Waals surface area contributed by atoms with Crippen LogP contribution in [0.5, 0.6) is 0 Å². The molecule has 0 radical (unpaired) electrons. The number of rotatable bonds is 5. The van der Waals surface area contributed by atoms with E-state index in [1.165, 1.54) is 12.8 Å². The van der Waals surface area contributed by atoms with Crippen LogP contribution in [-0.2, 0) is 12.8 Å². The highest BCUT2D eigenvalue weighted by molar-refractivity contribution is 5.85. The highest BCUT2D eigenvalue weighted by atomic mass is 35.5. The number of hydrogen-bond acceptors (Lipinski definition) is 2. The molecule has 0 saturated heterocycles. The first-order valence-corrected chi connectivity index (χ1v) is 4.59.